The Balaban J connectivity index is 1.87. The van der Waals surface area contributed by atoms with Gasteiger partial charge in [0.05, 0.1) is 14.2 Å². The second-order valence-corrected chi connectivity index (χ2v) is 6.53. The van der Waals surface area contributed by atoms with Gasteiger partial charge in [0.15, 0.2) is 0 Å². The second kappa shape index (κ2) is 9.68. The van der Waals surface area contributed by atoms with E-state index < -0.39 is 0 Å². The Labute approximate surface area is 169 Å². The van der Waals surface area contributed by atoms with Crippen LogP contribution in [0.5, 0.6) is 11.5 Å². The number of hydrogen-bond acceptors (Lipinski definition) is 4. The molecular formula is C23H23FN2O3. The van der Waals surface area contributed by atoms with Crippen molar-refractivity contribution in [2.75, 3.05) is 20.8 Å². The lowest BCUT2D eigenvalue weighted by molar-refractivity contribution is 0.0743. The van der Waals surface area contributed by atoms with Crippen LogP contribution in [-0.2, 0) is 13.0 Å². The number of aromatic nitrogens is 1. The molecule has 3 aromatic rings. The highest BCUT2D eigenvalue weighted by Crippen LogP contribution is 2.24. The molecule has 1 aromatic heterocycles. The number of hydrogen-bond donors (Lipinski definition) is 0. The Hall–Kier alpha value is -3.41. The Morgan fingerprint density at radius 3 is 2.38 bits per heavy atom. The average molecular weight is 394 g/mol. The van der Waals surface area contributed by atoms with Gasteiger partial charge in [-0.05, 0) is 41.8 Å². The first-order valence-corrected chi connectivity index (χ1v) is 9.25. The molecule has 0 saturated carbocycles. The first-order chi connectivity index (χ1) is 14.1. The van der Waals surface area contributed by atoms with Crippen molar-refractivity contribution in [1.29, 1.82) is 0 Å². The number of carbonyl (C=O) groups excluding carboxylic acids is 1. The van der Waals surface area contributed by atoms with Crippen molar-refractivity contribution in [3.8, 4) is 11.5 Å². The van der Waals surface area contributed by atoms with E-state index in [1.807, 2.05) is 12.1 Å². The van der Waals surface area contributed by atoms with Crippen molar-refractivity contribution < 1.29 is 18.7 Å². The molecule has 5 nitrogen and oxygen atoms in total. The van der Waals surface area contributed by atoms with Crippen molar-refractivity contribution in [2.45, 2.75) is 13.0 Å². The maximum atomic E-state index is 14.0. The van der Waals surface area contributed by atoms with Crippen LogP contribution < -0.4 is 9.47 Å². The number of pyridine rings is 1. The fourth-order valence-corrected chi connectivity index (χ4v) is 3.03. The van der Waals surface area contributed by atoms with Crippen LogP contribution in [0.3, 0.4) is 0 Å². The zero-order valence-corrected chi connectivity index (χ0v) is 16.5. The number of halogens is 1. The Bertz CT molecular complexity index is 941. The van der Waals surface area contributed by atoms with E-state index in [1.165, 1.54) is 20.3 Å². The monoisotopic (exact) mass is 394 g/mol. The number of benzene rings is 2. The average Bonchev–Trinajstić information content (AvgIpc) is 2.77. The van der Waals surface area contributed by atoms with Gasteiger partial charge < -0.3 is 14.4 Å². The van der Waals surface area contributed by atoms with Crippen LogP contribution in [0.1, 0.15) is 21.5 Å². The highest BCUT2D eigenvalue weighted by molar-refractivity contribution is 5.95. The topological polar surface area (TPSA) is 51.7 Å². The molecule has 0 aliphatic heterocycles. The first-order valence-electron chi connectivity index (χ1n) is 9.25. The quantitative estimate of drug-likeness (QED) is 0.577. The highest BCUT2D eigenvalue weighted by Gasteiger charge is 2.19. The predicted molar refractivity (Wildman–Crippen MR) is 109 cm³/mol. The maximum absolute atomic E-state index is 14.0. The molecule has 0 radical (unpaired) electrons. The lowest BCUT2D eigenvalue weighted by Crippen LogP contribution is -2.32. The fourth-order valence-electron chi connectivity index (χ4n) is 3.03. The number of ether oxygens (including phenoxy) is 2. The first kappa shape index (κ1) is 20.3. The van der Waals surface area contributed by atoms with Crippen molar-refractivity contribution in [2.24, 2.45) is 0 Å². The minimum absolute atomic E-state index is 0.192. The summed E-state index contributed by atoms with van der Waals surface area (Å²) in [5, 5.41) is 0. The molecule has 0 spiro atoms. The van der Waals surface area contributed by atoms with Crippen LogP contribution in [0.25, 0.3) is 0 Å². The smallest absolute Gasteiger partial charge is 0.254 e. The van der Waals surface area contributed by atoms with Gasteiger partial charge in [-0.3, -0.25) is 9.78 Å². The molecule has 150 valence electrons. The highest BCUT2D eigenvalue weighted by atomic mass is 19.1. The summed E-state index contributed by atoms with van der Waals surface area (Å²) in [6.45, 7) is 0.717. The fraction of sp³-hybridized carbons (Fsp3) is 0.217. The summed E-state index contributed by atoms with van der Waals surface area (Å²) in [7, 11) is 3.07. The molecule has 29 heavy (non-hydrogen) atoms. The summed E-state index contributed by atoms with van der Waals surface area (Å²) in [6.07, 6.45) is 3.80. The summed E-state index contributed by atoms with van der Waals surface area (Å²) < 4.78 is 24.6. The Morgan fingerprint density at radius 2 is 1.76 bits per heavy atom. The number of nitrogens with zero attached hydrogens (tertiary/aromatic N) is 2. The van der Waals surface area contributed by atoms with Crippen LogP contribution in [0.15, 0.2) is 67.0 Å². The molecule has 0 fully saturated rings. The molecule has 0 unspecified atom stereocenters. The molecular weight excluding hydrogens is 371 g/mol. The molecule has 0 N–H and O–H groups in total. The van der Waals surface area contributed by atoms with Gasteiger partial charge in [-0.15, -0.1) is 0 Å². The molecule has 1 heterocycles. The van der Waals surface area contributed by atoms with Gasteiger partial charge in [0.1, 0.15) is 17.3 Å². The number of methoxy groups -OCH3 is 2. The van der Waals surface area contributed by atoms with Gasteiger partial charge in [0.25, 0.3) is 5.91 Å². The largest absolute Gasteiger partial charge is 0.497 e. The molecule has 3 rings (SSSR count). The molecule has 0 atom stereocenters. The zero-order chi connectivity index (χ0) is 20.6. The predicted octanol–water partition coefficient (Wildman–Crippen LogP) is 4.12. The molecule has 2 aromatic carbocycles. The third kappa shape index (κ3) is 5.31. The summed E-state index contributed by atoms with van der Waals surface area (Å²) in [5.74, 6) is 0.595. The van der Waals surface area contributed by atoms with E-state index in [-0.39, 0.29) is 11.7 Å². The lowest BCUT2D eigenvalue weighted by atomic mass is 10.1. The van der Waals surface area contributed by atoms with E-state index in [2.05, 4.69) is 4.98 Å². The van der Waals surface area contributed by atoms with Gasteiger partial charge in [-0.25, -0.2) is 4.39 Å². The van der Waals surface area contributed by atoms with Gasteiger partial charge in [-0.1, -0.05) is 24.3 Å². The van der Waals surface area contributed by atoms with Crippen LogP contribution in [0.4, 0.5) is 4.39 Å². The zero-order valence-electron chi connectivity index (χ0n) is 16.5. The minimum atomic E-state index is -0.274. The van der Waals surface area contributed by atoms with E-state index in [0.717, 1.165) is 5.56 Å². The Kier molecular flexibility index (Phi) is 6.79. The summed E-state index contributed by atoms with van der Waals surface area (Å²) in [5.41, 5.74) is 1.91. The minimum Gasteiger partial charge on any atom is -0.497 e. The molecule has 6 heteroatoms. The third-order valence-electron chi connectivity index (χ3n) is 4.59. The van der Waals surface area contributed by atoms with E-state index >= 15 is 0 Å². The third-order valence-corrected chi connectivity index (χ3v) is 4.59. The van der Waals surface area contributed by atoms with Crippen molar-refractivity contribution in [1.82, 2.24) is 9.88 Å². The summed E-state index contributed by atoms with van der Waals surface area (Å²) in [4.78, 5) is 19.1. The summed E-state index contributed by atoms with van der Waals surface area (Å²) in [6, 6.07) is 15.4. The van der Waals surface area contributed by atoms with E-state index in [1.54, 1.807) is 53.7 Å². The van der Waals surface area contributed by atoms with Crippen molar-refractivity contribution in [3.63, 3.8) is 0 Å². The van der Waals surface area contributed by atoms with E-state index in [0.29, 0.717) is 42.1 Å². The van der Waals surface area contributed by atoms with Gasteiger partial charge in [-0.2, -0.15) is 0 Å². The normalized spacial score (nSPS) is 10.4. The summed E-state index contributed by atoms with van der Waals surface area (Å²) >= 11 is 0. The van der Waals surface area contributed by atoms with E-state index in [9.17, 15) is 9.18 Å². The van der Waals surface area contributed by atoms with Crippen molar-refractivity contribution in [3.05, 3.63) is 89.5 Å². The van der Waals surface area contributed by atoms with Crippen LogP contribution in [-0.4, -0.2) is 36.6 Å². The SMILES string of the molecule is COc1cc(OC)cc(C(=O)N(CCc2ccccc2F)Cc2cccnc2)c1. The molecule has 0 saturated heterocycles. The standard InChI is InChI=1S/C23H23FN2O3/c1-28-20-12-19(13-21(14-20)29-2)23(27)26(16-17-6-5-10-25-15-17)11-9-18-7-3-4-8-22(18)24/h3-8,10,12-15H,9,11,16H2,1-2H3. The van der Waals surface area contributed by atoms with Crippen LogP contribution in [0.2, 0.25) is 0 Å². The maximum Gasteiger partial charge on any atom is 0.254 e. The molecule has 1 amide bonds. The second-order valence-electron chi connectivity index (χ2n) is 6.53. The van der Waals surface area contributed by atoms with Gasteiger partial charge >= 0.3 is 0 Å². The van der Waals surface area contributed by atoms with Crippen molar-refractivity contribution >= 4 is 5.91 Å². The molecule has 0 aliphatic carbocycles. The molecule has 0 bridgehead atoms. The van der Waals surface area contributed by atoms with E-state index in [4.69, 9.17) is 9.47 Å². The number of amides is 1. The number of rotatable bonds is 8. The Morgan fingerprint density at radius 1 is 1.03 bits per heavy atom. The molecule has 0 aliphatic rings. The number of carbonyl (C=O) groups is 1. The van der Waals surface area contributed by atoms with Gasteiger partial charge in [0.2, 0.25) is 0 Å². The van der Waals surface area contributed by atoms with Crippen LogP contribution in [0, 0.1) is 5.82 Å². The van der Waals surface area contributed by atoms with Crippen LogP contribution >= 0.6 is 0 Å². The lowest BCUT2D eigenvalue weighted by Gasteiger charge is -2.23. The van der Waals surface area contributed by atoms with Gasteiger partial charge in [0, 0.05) is 37.1 Å².